The van der Waals surface area contributed by atoms with E-state index in [1.165, 1.54) is 0 Å². The zero-order valence-corrected chi connectivity index (χ0v) is 26.0. The molecule has 5 rings (SSSR count). The van der Waals surface area contributed by atoms with Crippen LogP contribution in [0.2, 0.25) is 0 Å². The van der Waals surface area contributed by atoms with Crippen LogP contribution in [0.5, 0.6) is 0 Å². The summed E-state index contributed by atoms with van der Waals surface area (Å²) in [6, 6.07) is 10.6. The Hall–Kier alpha value is -4.06. The number of halogens is 1. The van der Waals surface area contributed by atoms with E-state index in [1.807, 2.05) is 36.4 Å². The van der Waals surface area contributed by atoms with Crippen LogP contribution in [0.3, 0.4) is 0 Å². The predicted octanol–water partition coefficient (Wildman–Crippen LogP) is 3.06. The number of ketones is 1. The van der Waals surface area contributed by atoms with Gasteiger partial charge >= 0.3 is 0 Å². The third-order valence-electron chi connectivity index (χ3n) is 8.40. The molecule has 232 valence electrons. The maximum atomic E-state index is 13.8. The van der Waals surface area contributed by atoms with Gasteiger partial charge in [0.1, 0.15) is 17.4 Å². The Morgan fingerprint density at radius 2 is 1.70 bits per heavy atom. The van der Waals surface area contributed by atoms with Gasteiger partial charge in [-0.3, -0.25) is 24.0 Å². The van der Waals surface area contributed by atoms with Crippen molar-refractivity contribution in [2.24, 2.45) is 11.8 Å². The molecule has 1 saturated heterocycles. The summed E-state index contributed by atoms with van der Waals surface area (Å²) in [5.41, 5.74) is 1.55. The van der Waals surface area contributed by atoms with E-state index in [9.17, 15) is 24.0 Å². The van der Waals surface area contributed by atoms with E-state index >= 15 is 0 Å². The van der Waals surface area contributed by atoms with Crippen molar-refractivity contribution in [3.63, 3.8) is 0 Å². The van der Waals surface area contributed by atoms with E-state index in [4.69, 9.17) is 0 Å². The third-order valence-corrected chi connectivity index (χ3v) is 8.87. The average Bonchev–Trinajstić information content (AvgIpc) is 3.65. The standard InChI is InChI=1S/C32H37BrN6O5/c33-23-11-12-27-36-26(19-39(27)18-23)31(43)38-25(15-20-7-3-1-4-8-20)30(42)37-24(16-22-13-14-34-29(22)41)28(40)32(44)35-17-21-9-5-2-6-10-21/h2,5-6,9-12,18-20,22,24-25H,1,3-4,7-8,13-17H2,(H,34,41)(H,35,44)(H,37,42)(H,38,43)/t22-,24-,25-/m0/s1. The smallest absolute Gasteiger partial charge is 0.289 e. The van der Waals surface area contributed by atoms with Crippen molar-refractivity contribution in [2.45, 2.75) is 70.0 Å². The van der Waals surface area contributed by atoms with E-state index < -0.39 is 41.5 Å². The maximum absolute atomic E-state index is 13.8. The first kappa shape index (κ1) is 31.4. The summed E-state index contributed by atoms with van der Waals surface area (Å²) in [4.78, 5) is 70.3. The Kier molecular flexibility index (Phi) is 10.4. The second-order valence-electron chi connectivity index (χ2n) is 11.6. The summed E-state index contributed by atoms with van der Waals surface area (Å²) in [6.45, 7) is 0.612. The summed E-state index contributed by atoms with van der Waals surface area (Å²) in [6.07, 6.45) is 9.36. The number of amides is 4. The molecule has 2 aromatic heterocycles. The minimum absolute atomic E-state index is 0.0133. The molecule has 2 fully saturated rings. The number of hydrogen-bond donors (Lipinski definition) is 4. The Labute approximate surface area is 264 Å². The second-order valence-corrected chi connectivity index (χ2v) is 12.5. The number of imidazole rings is 1. The van der Waals surface area contributed by atoms with Gasteiger partial charge in [0.25, 0.3) is 11.8 Å². The first-order valence-electron chi connectivity index (χ1n) is 15.2. The number of carbonyl (C=O) groups excluding carboxylic acids is 5. The fraction of sp³-hybridized carbons (Fsp3) is 0.438. The summed E-state index contributed by atoms with van der Waals surface area (Å²) < 4.78 is 2.54. The van der Waals surface area contributed by atoms with Gasteiger partial charge in [-0.05, 0) is 58.8 Å². The van der Waals surface area contributed by atoms with Crippen LogP contribution in [0.15, 0.2) is 59.3 Å². The van der Waals surface area contributed by atoms with Crippen LogP contribution >= 0.6 is 15.9 Å². The number of nitrogens with zero attached hydrogens (tertiary/aromatic N) is 2. The minimum atomic E-state index is -1.23. The number of rotatable bonds is 12. The molecule has 1 aromatic carbocycles. The van der Waals surface area contributed by atoms with Crippen molar-refractivity contribution in [1.82, 2.24) is 30.7 Å². The molecule has 1 aliphatic carbocycles. The van der Waals surface area contributed by atoms with Crippen LogP contribution in [-0.2, 0) is 25.7 Å². The SMILES string of the molecule is O=C(NCc1ccccc1)C(=O)[C@H](C[C@@H]1CCNC1=O)NC(=O)[C@H](CC1CCCCC1)NC(=O)c1cn2cc(Br)ccc2n1. The lowest BCUT2D eigenvalue weighted by atomic mass is 9.84. The minimum Gasteiger partial charge on any atom is -0.356 e. The second kappa shape index (κ2) is 14.6. The first-order chi connectivity index (χ1) is 21.3. The molecule has 12 heteroatoms. The van der Waals surface area contributed by atoms with Gasteiger partial charge in [-0.25, -0.2) is 4.98 Å². The molecule has 1 saturated carbocycles. The van der Waals surface area contributed by atoms with Crippen LogP contribution < -0.4 is 21.3 Å². The summed E-state index contributed by atoms with van der Waals surface area (Å²) in [5, 5.41) is 11.0. The molecule has 4 N–H and O–H groups in total. The molecule has 1 aliphatic heterocycles. The summed E-state index contributed by atoms with van der Waals surface area (Å²) in [5.74, 6) is -3.27. The van der Waals surface area contributed by atoms with Crippen LogP contribution in [0.1, 0.15) is 67.4 Å². The molecule has 2 aliphatic rings. The molecule has 3 atom stereocenters. The number of benzene rings is 1. The molecule has 0 bridgehead atoms. The fourth-order valence-corrected chi connectivity index (χ4v) is 6.33. The quantitative estimate of drug-likeness (QED) is 0.219. The van der Waals surface area contributed by atoms with Gasteiger partial charge < -0.3 is 25.7 Å². The molecule has 3 heterocycles. The summed E-state index contributed by atoms with van der Waals surface area (Å²) in [7, 11) is 0. The number of pyridine rings is 1. The number of fused-ring (bicyclic) bond motifs is 1. The van der Waals surface area contributed by atoms with Crippen molar-refractivity contribution in [1.29, 1.82) is 0 Å². The number of Topliss-reactive ketones (excluding diaryl/α,β-unsaturated/α-hetero) is 1. The molecule has 44 heavy (non-hydrogen) atoms. The Morgan fingerprint density at radius 3 is 2.43 bits per heavy atom. The Morgan fingerprint density at radius 1 is 0.932 bits per heavy atom. The molecular formula is C32H37BrN6O5. The first-order valence-corrected chi connectivity index (χ1v) is 16.0. The van der Waals surface area contributed by atoms with Crippen molar-refractivity contribution in [3.05, 3.63) is 70.6 Å². The lowest BCUT2D eigenvalue weighted by Gasteiger charge is -2.28. The van der Waals surface area contributed by atoms with Gasteiger partial charge in [-0.15, -0.1) is 0 Å². The number of aromatic nitrogens is 2. The van der Waals surface area contributed by atoms with Gasteiger partial charge in [-0.1, -0.05) is 62.4 Å². The molecule has 4 amide bonds. The van der Waals surface area contributed by atoms with Crippen molar-refractivity contribution in [3.8, 4) is 0 Å². The number of carbonyl (C=O) groups is 5. The highest BCUT2D eigenvalue weighted by atomic mass is 79.9. The molecule has 0 spiro atoms. The van der Waals surface area contributed by atoms with Gasteiger partial charge in [0.05, 0.1) is 6.04 Å². The Balaban J connectivity index is 1.33. The van der Waals surface area contributed by atoms with Crippen LogP contribution in [-0.4, -0.2) is 57.4 Å². The average molecular weight is 666 g/mol. The molecule has 0 unspecified atom stereocenters. The largest absolute Gasteiger partial charge is 0.356 e. The zero-order chi connectivity index (χ0) is 31.1. The lowest BCUT2D eigenvalue weighted by Crippen LogP contribution is -2.55. The molecular weight excluding hydrogens is 628 g/mol. The normalized spacial score (nSPS) is 18.3. The Bertz CT molecular complexity index is 1520. The van der Waals surface area contributed by atoms with Crippen LogP contribution in [0, 0.1) is 11.8 Å². The summed E-state index contributed by atoms with van der Waals surface area (Å²) >= 11 is 3.41. The van der Waals surface area contributed by atoms with Gasteiger partial charge in [0.15, 0.2) is 0 Å². The van der Waals surface area contributed by atoms with Crippen LogP contribution in [0.25, 0.3) is 5.65 Å². The van der Waals surface area contributed by atoms with E-state index in [1.54, 1.807) is 22.9 Å². The topological polar surface area (TPSA) is 151 Å². The van der Waals surface area contributed by atoms with E-state index in [-0.39, 0.29) is 30.5 Å². The van der Waals surface area contributed by atoms with E-state index in [0.717, 1.165) is 42.1 Å². The highest BCUT2D eigenvalue weighted by molar-refractivity contribution is 9.10. The van der Waals surface area contributed by atoms with Gasteiger partial charge in [-0.2, -0.15) is 0 Å². The molecule has 0 radical (unpaired) electrons. The highest BCUT2D eigenvalue weighted by Crippen LogP contribution is 2.28. The van der Waals surface area contributed by atoms with Gasteiger partial charge in [0, 0.05) is 35.9 Å². The maximum Gasteiger partial charge on any atom is 0.289 e. The van der Waals surface area contributed by atoms with Crippen molar-refractivity contribution >= 4 is 51.0 Å². The zero-order valence-electron chi connectivity index (χ0n) is 24.4. The van der Waals surface area contributed by atoms with Crippen molar-refractivity contribution in [2.75, 3.05) is 6.54 Å². The lowest BCUT2D eigenvalue weighted by molar-refractivity contribution is -0.141. The number of nitrogens with one attached hydrogen (secondary N) is 4. The predicted molar refractivity (Wildman–Crippen MR) is 166 cm³/mol. The van der Waals surface area contributed by atoms with Gasteiger partial charge in [0.2, 0.25) is 17.6 Å². The van der Waals surface area contributed by atoms with Crippen molar-refractivity contribution < 1.29 is 24.0 Å². The third kappa shape index (κ3) is 8.10. The molecule has 11 nitrogen and oxygen atoms in total. The van der Waals surface area contributed by atoms with E-state index in [2.05, 4.69) is 42.2 Å². The van der Waals surface area contributed by atoms with E-state index in [0.29, 0.717) is 25.0 Å². The highest BCUT2D eigenvalue weighted by Gasteiger charge is 2.36. The number of hydrogen-bond acceptors (Lipinski definition) is 6. The monoisotopic (exact) mass is 664 g/mol. The van der Waals surface area contributed by atoms with Crippen LogP contribution in [0.4, 0.5) is 0 Å². The molecule has 3 aromatic rings. The fourth-order valence-electron chi connectivity index (χ4n) is 5.98.